The highest BCUT2D eigenvalue weighted by Crippen LogP contribution is 2.21. The molecule has 0 unspecified atom stereocenters. The number of halogens is 2. The van der Waals surface area contributed by atoms with E-state index in [0.29, 0.717) is 121 Å². The molecule has 25 heteroatoms. The first-order valence-electron chi connectivity index (χ1n) is 31.5. The topological polar surface area (TPSA) is 329 Å². The van der Waals surface area contributed by atoms with E-state index >= 15 is 0 Å². The molecule has 0 bridgehead atoms. The maximum Gasteiger partial charge on any atom is 0.407 e. The molecule has 1 amide bonds. The van der Waals surface area contributed by atoms with Crippen molar-refractivity contribution in [3.63, 3.8) is 0 Å². The number of rotatable bonds is 44. The number of nitrogens with zero attached hydrogens (tertiary/aromatic N) is 5. The molecule has 522 valence electrons. The second-order valence-electron chi connectivity index (χ2n) is 22.3. The molecule has 0 saturated carbocycles. The van der Waals surface area contributed by atoms with E-state index < -0.39 is 29.2 Å². The molecule has 3 aromatic rings. The molecule has 8 N–H and O–H groups in total. The Balaban J connectivity index is 0.00000134. The van der Waals surface area contributed by atoms with Crippen molar-refractivity contribution in [2.24, 2.45) is 5.73 Å². The number of nitriles is 2. The summed E-state index contributed by atoms with van der Waals surface area (Å²) in [5, 5.41) is 66.4. The Labute approximate surface area is 561 Å². The minimum Gasteiger partial charge on any atom is -0.456 e. The van der Waals surface area contributed by atoms with Gasteiger partial charge in [0, 0.05) is 93.4 Å². The lowest BCUT2D eigenvalue weighted by Crippen LogP contribution is -2.34. The first-order valence-corrected chi connectivity index (χ1v) is 32.6. The van der Waals surface area contributed by atoms with Crippen molar-refractivity contribution in [1.29, 1.82) is 10.5 Å². The molecule has 23 nitrogen and oxygen atoms in total. The van der Waals surface area contributed by atoms with Crippen LogP contribution in [0.1, 0.15) is 114 Å². The van der Waals surface area contributed by atoms with Crippen molar-refractivity contribution in [1.82, 2.24) is 5.32 Å². The van der Waals surface area contributed by atoms with Crippen LogP contribution in [0, 0.1) is 22.7 Å². The molecule has 93 heavy (non-hydrogen) atoms. The van der Waals surface area contributed by atoms with Crippen LogP contribution in [0.5, 0.6) is 0 Å². The number of hydrogen-bond acceptors (Lipinski definition) is 22. The van der Waals surface area contributed by atoms with Crippen molar-refractivity contribution in [3.8, 4) is 12.1 Å². The van der Waals surface area contributed by atoms with Gasteiger partial charge in [-0.15, -0.1) is 23.2 Å². The predicted octanol–water partition coefficient (Wildman–Crippen LogP) is 8.09. The third-order valence-electron chi connectivity index (χ3n) is 12.3. The third kappa shape index (κ3) is 46.3. The van der Waals surface area contributed by atoms with Crippen LogP contribution in [0.15, 0.2) is 83.9 Å². The maximum atomic E-state index is 12.2. The number of carbonyl (C=O) groups is 4. The molecule has 0 atom stereocenters. The molecule has 0 aliphatic rings. The van der Waals surface area contributed by atoms with Gasteiger partial charge in [-0.2, -0.15) is 10.5 Å². The van der Waals surface area contributed by atoms with E-state index in [1.54, 1.807) is 114 Å². The van der Waals surface area contributed by atoms with Crippen LogP contribution in [0.4, 0.5) is 21.9 Å². The molecule has 0 heterocycles. The number of aldehydes is 1. The predicted molar refractivity (Wildman–Crippen MR) is 366 cm³/mol. The smallest absolute Gasteiger partial charge is 0.407 e. The molecular weight excluding hydrogens is 1240 g/mol. The number of alkyl carbamates (subject to hydrolysis) is 1. The van der Waals surface area contributed by atoms with Crippen molar-refractivity contribution in [2.75, 3.05) is 171 Å². The second kappa shape index (κ2) is 56.0. The molecule has 0 aliphatic carbocycles. The molecule has 0 aromatic heterocycles. The number of nitrogens with two attached hydrogens (primary N) is 1. The number of benzene rings is 3. The first-order chi connectivity index (χ1) is 44.7. The Morgan fingerprint density at radius 3 is 1.14 bits per heavy atom. The monoisotopic (exact) mass is 1350 g/mol. The minimum absolute atomic E-state index is 0.0150. The normalized spacial score (nSPS) is 11.2. The maximum absolute atomic E-state index is 12.2. The minimum atomic E-state index is -0.701. The van der Waals surface area contributed by atoms with Crippen LogP contribution in [-0.2, 0) is 42.7 Å². The van der Waals surface area contributed by atoms with Crippen LogP contribution < -0.4 is 25.8 Å². The average Bonchev–Trinajstić information content (AvgIpc) is 1.18. The summed E-state index contributed by atoms with van der Waals surface area (Å²) in [7, 11) is 0. The number of ether oxygens (including phenoxy) is 7. The summed E-state index contributed by atoms with van der Waals surface area (Å²) in [5.74, 6) is 0.139. The van der Waals surface area contributed by atoms with Gasteiger partial charge in [0.25, 0.3) is 0 Å². The Hall–Kier alpha value is -6.42. The van der Waals surface area contributed by atoms with Crippen molar-refractivity contribution >= 4 is 76.7 Å². The Morgan fingerprint density at radius 1 is 0.484 bits per heavy atom. The van der Waals surface area contributed by atoms with E-state index in [9.17, 15) is 29.5 Å². The first kappa shape index (κ1) is 86.6. The van der Waals surface area contributed by atoms with Gasteiger partial charge in [0.15, 0.2) is 0 Å². The van der Waals surface area contributed by atoms with Gasteiger partial charge in [-0.3, -0.25) is 4.79 Å². The largest absolute Gasteiger partial charge is 0.456 e. The van der Waals surface area contributed by atoms with Crippen molar-refractivity contribution < 1.29 is 77.9 Å². The summed E-state index contributed by atoms with van der Waals surface area (Å²) in [5.41, 5.74) is 8.21. The third-order valence-corrected chi connectivity index (χ3v) is 12.9. The summed E-state index contributed by atoms with van der Waals surface area (Å²) >= 11 is 11.2. The van der Waals surface area contributed by atoms with Gasteiger partial charge in [0.05, 0.1) is 79.2 Å². The van der Waals surface area contributed by atoms with Crippen LogP contribution >= 0.6 is 23.2 Å². The number of nitrogens with one attached hydrogen (secondary N) is 1. The van der Waals surface area contributed by atoms with Gasteiger partial charge < -0.3 is 84.4 Å². The highest BCUT2D eigenvalue weighted by Gasteiger charge is 2.21. The van der Waals surface area contributed by atoms with E-state index in [1.807, 2.05) is 26.8 Å². The summed E-state index contributed by atoms with van der Waals surface area (Å²) in [6.07, 6.45) is 12.1. The lowest BCUT2D eigenvalue weighted by Gasteiger charge is -2.24. The van der Waals surface area contributed by atoms with Crippen LogP contribution in [-0.4, -0.2) is 218 Å². The number of amides is 1. The molecule has 0 aliphatic heterocycles. The molecule has 0 saturated heterocycles. The number of aliphatic hydroxyl groups is 5. The molecule has 3 rings (SSSR count). The standard InChI is InChI=1S/C29H44ClN3O7.C18H24N2O4.C11H15NO3.C10H22ClNO2/c1-29(2,3)40-27(35)25(23-31)22-24-8-10-26(11-9-24)33(14-16-34)15-19-39-28(36)32-13-18-38-21-20-37-17-7-5-4-6-12-30;1-18(2,3)24-17(23)15(13-19)12-14-4-6-16(7-5-14)20(8-10-21)9-11-22;13-7-5-12(6-8-14)11-3-1-10(9-15)2-4-11;11-5-3-1-2-4-7-13-9-10-14-8-6-12/h8-11,22,34H,4-7,12-21H2,1-3H3,(H,32,36);4-7,12,21-22H,8-11H2,1-3H3;1-4,9,13-14H,5-8H2;1-10,12H2/b25-22+;15-12+;;. The van der Waals surface area contributed by atoms with Gasteiger partial charge in [-0.25, -0.2) is 14.4 Å². The SMILES string of the molecule is CC(C)(C)OC(=O)/C(C#N)=C/c1ccc(N(CCO)CCO)cc1.CC(C)(C)OC(=O)/C(C#N)=C/c1ccc(N(CCO)CCOC(=O)NCCOCCOCCCCCCCl)cc1.NCCOCCOCCCCCCCl.O=Cc1ccc(N(CCO)CCO)cc1. The number of anilines is 3. The van der Waals surface area contributed by atoms with Crippen LogP contribution in [0.3, 0.4) is 0 Å². The molecule has 3 aromatic carbocycles. The highest BCUT2D eigenvalue weighted by atomic mass is 35.5. The fourth-order valence-corrected chi connectivity index (χ4v) is 8.25. The zero-order chi connectivity index (χ0) is 69.4. The van der Waals surface area contributed by atoms with Gasteiger partial charge in [-0.1, -0.05) is 49.9 Å². The van der Waals surface area contributed by atoms with E-state index in [4.69, 9.17) is 87.8 Å². The second-order valence-corrected chi connectivity index (χ2v) is 23.1. The number of esters is 2. The Morgan fingerprint density at radius 2 is 0.817 bits per heavy atom. The molecule has 0 spiro atoms. The lowest BCUT2D eigenvalue weighted by atomic mass is 10.1. The van der Waals surface area contributed by atoms with Gasteiger partial charge in [-0.05, 0) is 139 Å². The number of hydrogen-bond donors (Lipinski definition) is 7. The van der Waals surface area contributed by atoms with E-state index in [-0.39, 0.29) is 50.8 Å². The van der Waals surface area contributed by atoms with E-state index in [2.05, 4.69) is 5.32 Å². The lowest BCUT2D eigenvalue weighted by molar-refractivity contribution is -0.150. The molecular formula is C68H105Cl2N7O16. The van der Waals surface area contributed by atoms with Crippen LogP contribution in [0.2, 0.25) is 0 Å². The van der Waals surface area contributed by atoms with Crippen molar-refractivity contribution in [3.05, 3.63) is 101 Å². The van der Waals surface area contributed by atoms with E-state index in [1.165, 1.54) is 25.0 Å². The summed E-state index contributed by atoms with van der Waals surface area (Å²) in [6, 6.07) is 25.0. The number of unbranched alkanes of at least 4 members (excludes halogenated alkanes) is 6. The van der Waals surface area contributed by atoms with Crippen molar-refractivity contribution in [2.45, 2.75) is 104 Å². The summed E-state index contributed by atoms with van der Waals surface area (Å²) < 4.78 is 37.2. The van der Waals surface area contributed by atoms with Gasteiger partial charge in [0.1, 0.15) is 47.4 Å². The highest BCUT2D eigenvalue weighted by molar-refractivity contribution is 6.18. The van der Waals surface area contributed by atoms with Crippen LogP contribution in [0.25, 0.3) is 12.2 Å². The fraction of sp³-hybridized carbons (Fsp3) is 0.588. The van der Waals surface area contributed by atoms with Gasteiger partial charge in [0.2, 0.25) is 0 Å². The Kier molecular flexibility index (Phi) is 52.1. The zero-order valence-corrected chi connectivity index (χ0v) is 57.1. The van der Waals surface area contributed by atoms with E-state index in [0.717, 1.165) is 74.4 Å². The van der Waals surface area contributed by atoms with Gasteiger partial charge >= 0.3 is 18.0 Å². The molecule has 0 fully saturated rings. The fourth-order valence-electron chi connectivity index (χ4n) is 7.87. The number of carbonyl (C=O) groups excluding carboxylic acids is 4. The summed E-state index contributed by atoms with van der Waals surface area (Å²) in [4.78, 5) is 52.1. The molecule has 0 radical (unpaired) electrons. The number of aliphatic hydroxyl groups excluding tert-OH is 5. The summed E-state index contributed by atoms with van der Waals surface area (Å²) in [6.45, 7) is 18.7. The quantitative estimate of drug-likeness (QED) is 0.00535. The average molecular weight is 1350 g/mol. The number of alkyl halides is 2. The Bertz CT molecular complexity index is 2530. The zero-order valence-electron chi connectivity index (χ0n) is 55.6.